The number of carbonyl (C=O) groups is 3. The first-order chi connectivity index (χ1) is 15.5. The summed E-state index contributed by atoms with van der Waals surface area (Å²) in [6, 6.07) is 0.470. The van der Waals surface area contributed by atoms with E-state index in [0.717, 1.165) is 6.20 Å². The second-order valence-corrected chi connectivity index (χ2v) is 7.21. The first kappa shape index (κ1) is 25.8. The predicted octanol–water partition coefficient (Wildman–Crippen LogP) is 3.34. The van der Waals surface area contributed by atoms with Gasteiger partial charge < -0.3 is 10.2 Å². The molecule has 0 aliphatic rings. The van der Waals surface area contributed by atoms with E-state index in [1.807, 2.05) is 24.7 Å². The SMILES string of the molecule is CCN(CC)C(=O)c1cnc([C@@H](C)NC(=O)NNC(=O)c2cncc(C(F)(F)F)c2)c(Cl)c1. The normalized spacial score (nSPS) is 12.0. The average molecular weight is 487 g/mol. The Morgan fingerprint density at radius 2 is 1.73 bits per heavy atom. The summed E-state index contributed by atoms with van der Waals surface area (Å²) in [6.45, 7) is 6.30. The van der Waals surface area contributed by atoms with E-state index < -0.39 is 35.3 Å². The number of amides is 4. The average Bonchev–Trinajstić information content (AvgIpc) is 2.77. The van der Waals surface area contributed by atoms with Crippen molar-refractivity contribution in [2.45, 2.75) is 33.0 Å². The number of pyridine rings is 2. The van der Waals surface area contributed by atoms with Gasteiger partial charge in [0.05, 0.1) is 33.4 Å². The van der Waals surface area contributed by atoms with Crippen LogP contribution in [0.1, 0.15) is 58.8 Å². The molecule has 0 aliphatic heterocycles. The largest absolute Gasteiger partial charge is 0.417 e. The van der Waals surface area contributed by atoms with Crippen molar-refractivity contribution in [2.75, 3.05) is 13.1 Å². The fraction of sp³-hybridized carbons (Fsp3) is 0.350. The maximum Gasteiger partial charge on any atom is 0.417 e. The molecule has 2 heterocycles. The summed E-state index contributed by atoms with van der Waals surface area (Å²) in [5.74, 6) is -1.22. The lowest BCUT2D eigenvalue weighted by Crippen LogP contribution is -2.47. The second kappa shape index (κ2) is 10.9. The van der Waals surface area contributed by atoms with Gasteiger partial charge in [-0.1, -0.05) is 11.6 Å². The van der Waals surface area contributed by atoms with E-state index in [9.17, 15) is 27.6 Å². The first-order valence-electron chi connectivity index (χ1n) is 9.81. The van der Waals surface area contributed by atoms with Gasteiger partial charge in [-0.05, 0) is 32.9 Å². The molecular weight excluding hydrogens is 465 g/mol. The quantitative estimate of drug-likeness (QED) is 0.541. The third kappa shape index (κ3) is 6.78. The van der Waals surface area contributed by atoms with Crippen LogP contribution in [0, 0.1) is 0 Å². The van der Waals surface area contributed by atoms with Crippen LogP contribution in [0.3, 0.4) is 0 Å². The Morgan fingerprint density at radius 3 is 2.30 bits per heavy atom. The highest BCUT2D eigenvalue weighted by atomic mass is 35.5. The van der Waals surface area contributed by atoms with Crippen molar-refractivity contribution in [3.63, 3.8) is 0 Å². The molecule has 0 aromatic carbocycles. The number of hydrogen-bond donors (Lipinski definition) is 3. The molecule has 0 fully saturated rings. The van der Waals surface area contributed by atoms with Crippen molar-refractivity contribution in [1.29, 1.82) is 0 Å². The summed E-state index contributed by atoms with van der Waals surface area (Å²) in [5.41, 5.74) is 3.09. The van der Waals surface area contributed by atoms with Crippen molar-refractivity contribution in [1.82, 2.24) is 31.0 Å². The van der Waals surface area contributed by atoms with Crippen LogP contribution >= 0.6 is 11.6 Å². The summed E-state index contributed by atoms with van der Waals surface area (Å²) < 4.78 is 38.2. The zero-order chi connectivity index (χ0) is 24.8. The van der Waals surface area contributed by atoms with E-state index >= 15 is 0 Å². The van der Waals surface area contributed by atoms with Crippen LogP contribution in [0.5, 0.6) is 0 Å². The Labute approximate surface area is 192 Å². The van der Waals surface area contributed by atoms with Crippen molar-refractivity contribution in [3.8, 4) is 0 Å². The van der Waals surface area contributed by atoms with Gasteiger partial charge in [0.25, 0.3) is 11.8 Å². The Hall–Kier alpha value is -3.41. The van der Waals surface area contributed by atoms with E-state index in [-0.39, 0.29) is 16.6 Å². The minimum Gasteiger partial charge on any atom is -0.339 e. The Bertz CT molecular complexity index is 1030. The molecule has 2 aromatic heterocycles. The standard InChI is InChI=1S/C20H22ClF3N6O3/c1-4-30(5-2)18(32)13-7-15(21)16(26-9-13)11(3)27-19(33)29-28-17(31)12-6-14(10-25-8-12)20(22,23)24/h6-11H,4-5H2,1-3H3,(H,28,31)(H2,27,29,33)/t11-/m1/s1. The number of hydrogen-bond acceptors (Lipinski definition) is 5. The Morgan fingerprint density at radius 1 is 1.06 bits per heavy atom. The molecule has 2 aromatic rings. The molecule has 1 atom stereocenters. The molecule has 3 N–H and O–H groups in total. The van der Waals surface area contributed by atoms with E-state index in [1.54, 1.807) is 11.8 Å². The summed E-state index contributed by atoms with van der Waals surface area (Å²) in [4.78, 5) is 45.6. The van der Waals surface area contributed by atoms with E-state index in [1.165, 1.54) is 12.3 Å². The van der Waals surface area contributed by atoms with Gasteiger partial charge in [-0.3, -0.25) is 25.0 Å². The third-order valence-corrected chi connectivity index (χ3v) is 4.85. The molecule has 9 nitrogen and oxygen atoms in total. The molecule has 0 radical (unpaired) electrons. The van der Waals surface area contributed by atoms with Gasteiger partial charge >= 0.3 is 12.2 Å². The van der Waals surface area contributed by atoms with Crippen molar-refractivity contribution >= 4 is 29.4 Å². The predicted molar refractivity (Wildman–Crippen MR) is 113 cm³/mol. The van der Waals surface area contributed by atoms with Crippen molar-refractivity contribution in [2.24, 2.45) is 0 Å². The lowest BCUT2D eigenvalue weighted by molar-refractivity contribution is -0.137. The van der Waals surface area contributed by atoms with Crippen LogP contribution in [-0.2, 0) is 6.18 Å². The van der Waals surface area contributed by atoms with Crippen LogP contribution in [0.15, 0.2) is 30.7 Å². The number of carbonyl (C=O) groups excluding carboxylic acids is 3. The highest BCUT2D eigenvalue weighted by Crippen LogP contribution is 2.28. The maximum absolute atomic E-state index is 12.7. The third-order valence-electron chi connectivity index (χ3n) is 4.54. The summed E-state index contributed by atoms with van der Waals surface area (Å²) >= 11 is 6.23. The molecule has 178 valence electrons. The lowest BCUT2D eigenvalue weighted by atomic mass is 10.1. The van der Waals surface area contributed by atoms with Gasteiger partial charge in [0.15, 0.2) is 0 Å². The number of rotatable bonds is 6. The van der Waals surface area contributed by atoms with Crippen molar-refractivity contribution in [3.05, 3.63) is 58.1 Å². The number of aromatic nitrogens is 2. The number of hydrazine groups is 1. The van der Waals surface area contributed by atoms with Crippen molar-refractivity contribution < 1.29 is 27.6 Å². The number of nitrogens with zero attached hydrogens (tertiary/aromatic N) is 3. The molecule has 2 rings (SSSR count). The van der Waals surface area contributed by atoms with Gasteiger partial charge in [-0.2, -0.15) is 13.2 Å². The fourth-order valence-electron chi connectivity index (χ4n) is 2.78. The smallest absolute Gasteiger partial charge is 0.339 e. The minimum atomic E-state index is -4.67. The highest BCUT2D eigenvalue weighted by Gasteiger charge is 2.31. The molecule has 0 aliphatic carbocycles. The molecule has 0 spiro atoms. The maximum atomic E-state index is 12.7. The van der Waals surface area contributed by atoms with Gasteiger partial charge in [0, 0.05) is 31.7 Å². The number of halogens is 4. The topological polar surface area (TPSA) is 116 Å². The molecule has 0 saturated heterocycles. The van der Waals surface area contributed by atoms with Gasteiger partial charge in [-0.15, -0.1) is 0 Å². The molecule has 33 heavy (non-hydrogen) atoms. The first-order valence-corrected chi connectivity index (χ1v) is 10.2. The zero-order valence-corrected chi connectivity index (χ0v) is 18.7. The van der Waals surface area contributed by atoms with Crippen LogP contribution < -0.4 is 16.2 Å². The summed E-state index contributed by atoms with van der Waals surface area (Å²) in [7, 11) is 0. The number of alkyl halides is 3. The van der Waals surface area contributed by atoms with Gasteiger partial charge in [0.1, 0.15) is 0 Å². The monoisotopic (exact) mass is 486 g/mol. The zero-order valence-electron chi connectivity index (χ0n) is 18.0. The summed E-state index contributed by atoms with van der Waals surface area (Å²) in [6.07, 6.45) is -1.81. The van der Waals surface area contributed by atoms with E-state index in [0.29, 0.717) is 30.9 Å². The summed E-state index contributed by atoms with van der Waals surface area (Å²) in [5, 5.41) is 2.62. The molecule has 13 heteroatoms. The lowest BCUT2D eigenvalue weighted by Gasteiger charge is -2.20. The second-order valence-electron chi connectivity index (χ2n) is 6.80. The fourth-order valence-corrected chi connectivity index (χ4v) is 3.11. The minimum absolute atomic E-state index is 0.153. The van der Waals surface area contributed by atoms with Gasteiger partial charge in [0.2, 0.25) is 0 Å². The Balaban J connectivity index is 1.98. The molecule has 0 unspecified atom stereocenters. The molecular formula is C20H22ClF3N6O3. The van der Waals surface area contributed by atoms with Crippen LogP contribution in [-0.4, -0.2) is 45.8 Å². The van der Waals surface area contributed by atoms with Crippen LogP contribution in [0.4, 0.5) is 18.0 Å². The van der Waals surface area contributed by atoms with E-state index in [4.69, 9.17) is 11.6 Å². The van der Waals surface area contributed by atoms with Crippen LogP contribution in [0.2, 0.25) is 5.02 Å². The number of urea groups is 1. The number of nitrogens with one attached hydrogen (secondary N) is 3. The van der Waals surface area contributed by atoms with Gasteiger partial charge in [-0.25, -0.2) is 10.2 Å². The molecule has 0 saturated carbocycles. The highest BCUT2D eigenvalue weighted by molar-refractivity contribution is 6.31. The van der Waals surface area contributed by atoms with E-state index in [2.05, 4.69) is 15.3 Å². The Kier molecular flexibility index (Phi) is 8.57. The van der Waals surface area contributed by atoms with Crippen LogP contribution in [0.25, 0.3) is 0 Å². The molecule has 4 amide bonds. The molecule has 0 bridgehead atoms.